The number of aromatic nitrogens is 3. The summed E-state index contributed by atoms with van der Waals surface area (Å²) in [5.41, 5.74) is 3.75. The van der Waals surface area contributed by atoms with Crippen molar-refractivity contribution in [1.29, 1.82) is 0 Å². The first-order valence-electron chi connectivity index (χ1n) is 5.73. The normalized spacial score (nSPS) is 15.4. The van der Waals surface area contributed by atoms with Crippen molar-refractivity contribution in [1.82, 2.24) is 14.8 Å². The van der Waals surface area contributed by atoms with Gasteiger partial charge in [-0.15, -0.1) is 10.2 Å². The summed E-state index contributed by atoms with van der Waals surface area (Å²) in [4.78, 5) is 0. The standard InChI is InChI=1S/C13H15N3/c1-9-3-4-10(2)12(7-9)13-15-14-8-16(13)11-5-6-11/h3-4,7-8,11H,5-6H2,1-2H3. The molecule has 3 rings (SSSR count). The van der Waals surface area contributed by atoms with Crippen molar-refractivity contribution < 1.29 is 0 Å². The molecule has 1 aromatic carbocycles. The molecule has 0 bridgehead atoms. The monoisotopic (exact) mass is 213 g/mol. The molecule has 0 aliphatic heterocycles. The molecule has 0 unspecified atom stereocenters. The van der Waals surface area contributed by atoms with Crippen LogP contribution in [0.25, 0.3) is 11.4 Å². The summed E-state index contributed by atoms with van der Waals surface area (Å²) < 4.78 is 2.21. The van der Waals surface area contributed by atoms with Crippen molar-refractivity contribution in [3.8, 4) is 11.4 Å². The largest absolute Gasteiger partial charge is 0.310 e. The number of hydrogen-bond donors (Lipinski definition) is 0. The molecule has 1 aromatic heterocycles. The minimum absolute atomic E-state index is 0.630. The van der Waals surface area contributed by atoms with Crippen LogP contribution >= 0.6 is 0 Å². The molecule has 0 N–H and O–H groups in total. The zero-order chi connectivity index (χ0) is 11.1. The van der Waals surface area contributed by atoms with Crippen LogP contribution in [0.15, 0.2) is 24.5 Å². The van der Waals surface area contributed by atoms with E-state index in [9.17, 15) is 0 Å². The summed E-state index contributed by atoms with van der Waals surface area (Å²) in [5, 5.41) is 8.31. The fraction of sp³-hybridized carbons (Fsp3) is 0.385. The number of rotatable bonds is 2. The summed E-state index contributed by atoms with van der Waals surface area (Å²) in [7, 11) is 0. The van der Waals surface area contributed by atoms with E-state index in [-0.39, 0.29) is 0 Å². The fourth-order valence-electron chi connectivity index (χ4n) is 2.03. The fourth-order valence-corrected chi connectivity index (χ4v) is 2.03. The van der Waals surface area contributed by atoms with Gasteiger partial charge in [-0.3, -0.25) is 0 Å². The Kier molecular flexibility index (Phi) is 2.06. The van der Waals surface area contributed by atoms with E-state index in [1.165, 1.54) is 29.5 Å². The maximum absolute atomic E-state index is 4.26. The molecule has 1 aliphatic carbocycles. The average molecular weight is 213 g/mol. The SMILES string of the molecule is Cc1ccc(C)c(-c2nncn2C2CC2)c1. The van der Waals surface area contributed by atoms with Crippen LogP contribution in [0.5, 0.6) is 0 Å². The molecular formula is C13H15N3. The molecule has 0 atom stereocenters. The Labute approximate surface area is 95.1 Å². The highest BCUT2D eigenvalue weighted by atomic mass is 15.3. The van der Waals surface area contributed by atoms with Gasteiger partial charge in [0.25, 0.3) is 0 Å². The molecule has 3 nitrogen and oxygen atoms in total. The molecule has 2 aromatic rings. The van der Waals surface area contributed by atoms with E-state index in [0.717, 1.165) is 5.82 Å². The van der Waals surface area contributed by atoms with Crippen LogP contribution in [0.2, 0.25) is 0 Å². The van der Waals surface area contributed by atoms with E-state index < -0.39 is 0 Å². The van der Waals surface area contributed by atoms with Gasteiger partial charge in [-0.25, -0.2) is 0 Å². The summed E-state index contributed by atoms with van der Waals surface area (Å²) in [5.74, 6) is 1.02. The third-order valence-corrected chi connectivity index (χ3v) is 3.15. The van der Waals surface area contributed by atoms with E-state index in [1.807, 2.05) is 6.33 Å². The molecule has 82 valence electrons. The van der Waals surface area contributed by atoms with Gasteiger partial charge in [0.05, 0.1) is 0 Å². The van der Waals surface area contributed by atoms with Gasteiger partial charge in [0.1, 0.15) is 6.33 Å². The zero-order valence-electron chi connectivity index (χ0n) is 9.64. The van der Waals surface area contributed by atoms with E-state index >= 15 is 0 Å². The van der Waals surface area contributed by atoms with Crippen LogP contribution in [0.4, 0.5) is 0 Å². The average Bonchev–Trinajstić information content (AvgIpc) is 3.01. The van der Waals surface area contributed by atoms with E-state index in [0.29, 0.717) is 6.04 Å². The quantitative estimate of drug-likeness (QED) is 0.768. The molecule has 0 amide bonds. The summed E-state index contributed by atoms with van der Waals surface area (Å²) in [6.45, 7) is 4.24. The minimum atomic E-state index is 0.630. The first-order chi connectivity index (χ1) is 7.75. The van der Waals surface area contributed by atoms with Crippen molar-refractivity contribution in [2.75, 3.05) is 0 Å². The molecule has 1 heterocycles. The van der Waals surface area contributed by atoms with Gasteiger partial charge in [-0.05, 0) is 38.3 Å². The summed E-state index contributed by atoms with van der Waals surface area (Å²) >= 11 is 0. The van der Waals surface area contributed by atoms with Crippen LogP contribution in [0, 0.1) is 13.8 Å². The van der Waals surface area contributed by atoms with Crippen molar-refractivity contribution in [2.45, 2.75) is 32.7 Å². The lowest BCUT2D eigenvalue weighted by atomic mass is 10.1. The second-order valence-electron chi connectivity index (χ2n) is 4.61. The highest BCUT2D eigenvalue weighted by Gasteiger charge is 2.26. The Morgan fingerprint density at radius 1 is 1.25 bits per heavy atom. The van der Waals surface area contributed by atoms with Gasteiger partial charge in [-0.2, -0.15) is 0 Å². The highest BCUT2D eigenvalue weighted by molar-refractivity contribution is 5.61. The molecule has 1 fully saturated rings. The first-order valence-corrected chi connectivity index (χ1v) is 5.73. The molecular weight excluding hydrogens is 198 g/mol. The van der Waals surface area contributed by atoms with Crippen molar-refractivity contribution in [3.63, 3.8) is 0 Å². The molecule has 1 aliphatic rings. The topological polar surface area (TPSA) is 30.7 Å². The van der Waals surface area contributed by atoms with Gasteiger partial charge in [0.15, 0.2) is 5.82 Å². The number of nitrogens with zero attached hydrogens (tertiary/aromatic N) is 3. The van der Waals surface area contributed by atoms with Crippen molar-refractivity contribution >= 4 is 0 Å². The highest BCUT2D eigenvalue weighted by Crippen LogP contribution is 2.38. The number of benzene rings is 1. The predicted octanol–water partition coefficient (Wildman–Crippen LogP) is 2.90. The minimum Gasteiger partial charge on any atom is -0.310 e. The Bertz CT molecular complexity index is 524. The maximum Gasteiger partial charge on any atom is 0.164 e. The molecule has 3 heteroatoms. The summed E-state index contributed by atoms with van der Waals surface area (Å²) in [6.07, 6.45) is 4.38. The zero-order valence-corrected chi connectivity index (χ0v) is 9.64. The summed E-state index contributed by atoms with van der Waals surface area (Å²) in [6, 6.07) is 7.11. The molecule has 0 spiro atoms. The van der Waals surface area contributed by atoms with Crippen LogP contribution in [0.3, 0.4) is 0 Å². The third kappa shape index (κ3) is 1.52. The molecule has 0 radical (unpaired) electrons. The lowest BCUT2D eigenvalue weighted by Gasteiger charge is -2.08. The Morgan fingerprint density at radius 2 is 2.06 bits per heavy atom. The van der Waals surface area contributed by atoms with Crippen LogP contribution in [-0.2, 0) is 0 Å². The van der Waals surface area contributed by atoms with Crippen LogP contribution in [-0.4, -0.2) is 14.8 Å². The predicted molar refractivity (Wildman–Crippen MR) is 63.2 cm³/mol. The lowest BCUT2D eigenvalue weighted by molar-refractivity contribution is 0.745. The Morgan fingerprint density at radius 3 is 2.81 bits per heavy atom. The smallest absolute Gasteiger partial charge is 0.164 e. The van der Waals surface area contributed by atoms with E-state index in [4.69, 9.17) is 0 Å². The lowest BCUT2D eigenvalue weighted by Crippen LogP contribution is -1.97. The van der Waals surface area contributed by atoms with Gasteiger partial charge in [0.2, 0.25) is 0 Å². The van der Waals surface area contributed by atoms with Gasteiger partial charge >= 0.3 is 0 Å². The second kappa shape index (κ2) is 3.44. The van der Waals surface area contributed by atoms with Crippen LogP contribution in [0.1, 0.15) is 30.0 Å². The van der Waals surface area contributed by atoms with Crippen molar-refractivity contribution in [3.05, 3.63) is 35.7 Å². The third-order valence-electron chi connectivity index (χ3n) is 3.15. The van der Waals surface area contributed by atoms with Crippen molar-refractivity contribution in [2.24, 2.45) is 0 Å². The molecule has 0 saturated heterocycles. The van der Waals surface area contributed by atoms with Crippen LogP contribution < -0.4 is 0 Å². The Balaban J connectivity index is 2.13. The first kappa shape index (κ1) is 9.58. The maximum atomic E-state index is 4.26. The molecule has 16 heavy (non-hydrogen) atoms. The van der Waals surface area contributed by atoms with E-state index in [2.05, 4.69) is 46.8 Å². The van der Waals surface area contributed by atoms with Gasteiger partial charge < -0.3 is 4.57 Å². The second-order valence-corrected chi connectivity index (χ2v) is 4.61. The van der Waals surface area contributed by atoms with E-state index in [1.54, 1.807) is 0 Å². The number of aryl methyl sites for hydroxylation is 2. The Hall–Kier alpha value is -1.64. The van der Waals surface area contributed by atoms with Gasteiger partial charge in [-0.1, -0.05) is 17.7 Å². The number of hydrogen-bond acceptors (Lipinski definition) is 2. The van der Waals surface area contributed by atoms with Gasteiger partial charge in [0, 0.05) is 11.6 Å². The molecule has 1 saturated carbocycles.